The molecule has 0 aliphatic rings. The monoisotopic (exact) mass is 244 g/mol. The number of nitrogens with zero attached hydrogens (tertiary/aromatic N) is 1. The molecule has 0 atom stereocenters. The lowest BCUT2D eigenvalue weighted by molar-refractivity contribution is 0.661. The molecular formula is C10H17ClN4O. The van der Waals surface area contributed by atoms with Crippen LogP contribution < -0.4 is 16.6 Å². The summed E-state index contributed by atoms with van der Waals surface area (Å²) >= 11 is 5.77. The van der Waals surface area contributed by atoms with Crippen molar-refractivity contribution in [1.29, 1.82) is 0 Å². The number of hydrogen-bond donors (Lipinski definition) is 3. The number of nitrogens with two attached hydrogens (primary N) is 1. The van der Waals surface area contributed by atoms with E-state index in [0.717, 1.165) is 38.8 Å². The third-order valence-electron chi connectivity index (χ3n) is 2.22. The van der Waals surface area contributed by atoms with Gasteiger partial charge in [0.25, 0.3) is 5.56 Å². The Hall–Kier alpha value is -1.07. The van der Waals surface area contributed by atoms with Gasteiger partial charge in [0.05, 0.1) is 6.33 Å². The fraction of sp³-hybridized carbons (Fsp3) is 0.600. The zero-order valence-electron chi connectivity index (χ0n) is 9.13. The molecule has 0 spiro atoms. The van der Waals surface area contributed by atoms with Gasteiger partial charge in [-0.3, -0.25) is 4.79 Å². The van der Waals surface area contributed by atoms with Crippen LogP contribution in [0.25, 0.3) is 0 Å². The fourth-order valence-electron chi connectivity index (χ4n) is 1.34. The van der Waals surface area contributed by atoms with E-state index in [1.54, 1.807) is 0 Å². The summed E-state index contributed by atoms with van der Waals surface area (Å²) in [5, 5.41) is 3.15. The zero-order chi connectivity index (χ0) is 11.8. The predicted molar refractivity (Wildman–Crippen MR) is 65.9 cm³/mol. The maximum absolute atomic E-state index is 11.1. The summed E-state index contributed by atoms with van der Waals surface area (Å²) in [5.41, 5.74) is 5.07. The van der Waals surface area contributed by atoms with Gasteiger partial charge in [-0.15, -0.1) is 0 Å². The van der Waals surface area contributed by atoms with Crippen molar-refractivity contribution < 1.29 is 0 Å². The number of hydrogen-bond acceptors (Lipinski definition) is 4. The lowest BCUT2D eigenvalue weighted by atomic mass is 10.2. The van der Waals surface area contributed by atoms with Crippen molar-refractivity contribution in [3.8, 4) is 0 Å². The molecule has 0 amide bonds. The first-order valence-electron chi connectivity index (χ1n) is 5.43. The largest absolute Gasteiger partial charge is 0.369 e. The molecule has 0 aliphatic heterocycles. The Morgan fingerprint density at radius 2 is 2.12 bits per heavy atom. The molecule has 1 rings (SSSR count). The smallest absolute Gasteiger partial charge is 0.271 e. The molecule has 6 heteroatoms. The van der Waals surface area contributed by atoms with Gasteiger partial charge in [-0.25, -0.2) is 4.98 Å². The van der Waals surface area contributed by atoms with Crippen LogP contribution in [0.1, 0.15) is 25.7 Å². The Kier molecular flexibility index (Phi) is 5.88. The van der Waals surface area contributed by atoms with Crippen molar-refractivity contribution in [2.75, 3.05) is 18.4 Å². The molecule has 0 unspecified atom stereocenters. The van der Waals surface area contributed by atoms with Crippen molar-refractivity contribution in [3.63, 3.8) is 0 Å². The molecule has 1 aromatic heterocycles. The van der Waals surface area contributed by atoms with Gasteiger partial charge < -0.3 is 16.0 Å². The summed E-state index contributed by atoms with van der Waals surface area (Å²) in [4.78, 5) is 17.5. The molecule has 0 radical (unpaired) electrons. The van der Waals surface area contributed by atoms with Crippen LogP contribution in [-0.2, 0) is 0 Å². The predicted octanol–water partition coefficient (Wildman–Crippen LogP) is 1.35. The topological polar surface area (TPSA) is 83.8 Å². The molecule has 16 heavy (non-hydrogen) atoms. The average molecular weight is 245 g/mol. The molecule has 0 saturated carbocycles. The number of aromatic amines is 1. The minimum atomic E-state index is -0.317. The SMILES string of the molecule is NCCCCCCNc1nc[nH]c(=O)c1Cl. The second-order valence-corrected chi connectivity index (χ2v) is 3.90. The molecule has 0 bridgehead atoms. The highest BCUT2D eigenvalue weighted by Crippen LogP contribution is 2.12. The highest BCUT2D eigenvalue weighted by atomic mass is 35.5. The molecule has 5 nitrogen and oxygen atoms in total. The average Bonchev–Trinajstić information content (AvgIpc) is 2.29. The number of halogens is 1. The number of nitrogens with one attached hydrogen (secondary N) is 2. The highest BCUT2D eigenvalue weighted by molar-refractivity contribution is 6.32. The maximum atomic E-state index is 11.1. The molecule has 4 N–H and O–H groups in total. The normalized spacial score (nSPS) is 10.4. The second-order valence-electron chi connectivity index (χ2n) is 3.52. The van der Waals surface area contributed by atoms with E-state index in [9.17, 15) is 4.79 Å². The Labute approximate surface area is 99.4 Å². The summed E-state index contributed by atoms with van der Waals surface area (Å²) < 4.78 is 0. The van der Waals surface area contributed by atoms with Crippen LogP contribution in [0.2, 0.25) is 5.02 Å². The molecule has 0 aromatic carbocycles. The zero-order valence-corrected chi connectivity index (χ0v) is 9.89. The number of anilines is 1. The molecule has 90 valence electrons. The van der Waals surface area contributed by atoms with E-state index in [2.05, 4.69) is 15.3 Å². The summed E-state index contributed by atoms with van der Waals surface area (Å²) in [7, 11) is 0. The molecule has 1 aromatic rings. The van der Waals surface area contributed by atoms with Gasteiger partial charge in [0, 0.05) is 6.54 Å². The standard InChI is InChI=1S/C10H17ClN4O/c11-8-9(14-7-15-10(8)16)13-6-4-2-1-3-5-12/h7H,1-6,12H2,(H2,13,14,15,16). The van der Waals surface area contributed by atoms with Gasteiger partial charge >= 0.3 is 0 Å². The highest BCUT2D eigenvalue weighted by Gasteiger charge is 2.03. The van der Waals surface area contributed by atoms with Crippen molar-refractivity contribution in [2.45, 2.75) is 25.7 Å². The van der Waals surface area contributed by atoms with Crippen LogP contribution in [0.5, 0.6) is 0 Å². The van der Waals surface area contributed by atoms with Gasteiger partial charge in [-0.1, -0.05) is 24.4 Å². The molecule has 0 fully saturated rings. The second kappa shape index (κ2) is 7.24. The Balaban J connectivity index is 2.27. The summed E-state index contributed by atoms with van der Waals surface area (Å²) in [6.45, 7) is 1.51. The van der Waals surface area contributed by atoms with Gasteiger partial charge in [0.15, 0.2) is 5.82 Å². The van der Waals surface area contributed by atoms with Crippen molar-refractivity contribution in [1.82, 2.24) is 9.97 Å². The minimum absolute atomic E-state index is 0.115. The quantitative estimate of drug-likeness (QED) is 0.633. The van der Waals surface area contributed by atoms with Crippen molar-refractivity contribution in [3.05, 3.63) is 21.7 Å². The summed E-state index contributed by atoms with van der Waals surface area (Å²) in [5.74, 6) is 0.448. The van der Waals surface area contributed by atoms with Crippen LogP contribution in [0.3, 0.4) is 0 Å². The van der Waals surface area contributed by atoms with Gasteiger partial charge in [0.1, 0.15) is 5.02 Å². The van der Waals surface area contributed by atoms with E-state index in [1.807, 2.05) is 0 Å². The number of H-pyrrole nitrogens is 1. The number of unbranched alkanes of at least 4 members (excludes halogenated alkanes) is 3. The van der Waals surface area contributed by atoms with E-state index in [0.29, 0.717) is 5.82 Å². The summed E-state index contributed by atoms with van der Waals surface area (Å²) in [6.07, 6.45) is 5.67. The Bertz CT molecular complexity index is 366. The van der Waals surface area contributed by atoms with E-state index < -0.39 is 0 Å². The first-order chi connectivity index (χ1) is 7.75. The van der Waals surface area contributed by atoms with E-state index >= 15 is 0 Å². The number of rotatable bonds is 7. The number of aromatic nitrogens is 2. The van der Waals surface area contributed by atoms with Crippen LogP contribution in [0.15, 0.2) is 11.1 Å². The molecule has 0 saturated heterocycles. The van der Waals surface area contributed by atoms with E-state index in [1.165, 1.54) is 6.33 Å². The van der Waals surface area contributed by atoms with E-state index in [4.69, 9.17) is 17.3 Å². The molecular weight excluding hydrogens is 228 g/mol. The Morgan fingerprint density at radius 3 is 2.88 bits per heavy atom. The van der Waals surface area contributed by atoms with Crippen LogP contribution in [-0.4, -0.2) is 23.1 Å². The Morgan fingerprint density at radius 1 is 1.38 bits per heavy atom. The van der Waals surface area contributed by atoms with Gasteiger partial charge in [-0.2, -0.15) is 0 Å². The molecule has 0 aliphatic carbocycles. The van der Waals surface area contributed by atoms with E-state index in [-0.39, 0.29) is 10.6 Å². The lowest BCUT2D eigenvalue weighted by Crippen LogP contribution is -2.12. The van der Waals surface area contributed by atoms with Gasteiger partial charge in [0.2, 0.25) is 0 Å². The first-order valence-corrected chi connectivity index (χ1v) is 5.80. The van der Waals surface area contributed by atoms with Crippen LogP contribution >= 0.6 is 11.6 Å². The van der Waals surface area contributed by atoms with Crippen LogP contribution in [0, 0.1) is 0 Å². The fourth-order valence-corrected chi connectivity index (χ4v) is 1.51. The third kappa shape index (κ3) is 4.20. The third-order valence-corrected chi connectivity index (χ3v) is 2.57. The summed E-state index contributed by atoms with van der Waals surface area (Å²) in [6, 6.07) is 0. The van der Waals surface area contributed by atoms with Gasteiger partial charge in [-0.05, 0) is 19.4 Å². The minimum Gasteiger partial charge on any atom is -0.369 e. The first kappa shape index (κ1) is 13.0. The van der Waals surface area contributed by atoms with Crippen molar-refractivity contribution in [2.24, 2.45) is 5.73 Å². The molecule has 1 heterocycles. The maximum Gasteiger partial charge on any atom is 0.271 e. The van der Waals surface area contributed by atoms with Crippen molar-refractivity contribution >= 4 is 17.4 Å². The van der Waals surface area contributed by atoms with Crippen LogP contribution in [0.4, 0.5) is 5.82 Å². The lowest BCUT2D eigenvalue weighted by Gasteiger charge is -2.05.